The van der Waals surface area contributed by atoms with E-state index in [9.17, 15) is 9.59 Å². The summed E-state index contributed by atoms with van der Waals surface area (Å²) in [4.78, 5) is 31.2. The molecule has 0 saturated heterocycles. The summed E-state index contributed by atoms with van der Waals surface area (Å²) in [6.45, 7) is 12.0. The zero-order chi connectivity index (χ0) is 19.9. The van der Waals surface area contributed by atoms with Gasteiger partial charge in [-0.15, -0.1) is 11.3 Å². The third kappa shape index (κ3) is 3.81. The van der Waals surface area contributed by atoms with Gasteiger partial charge in [-0.1, -0.05) is 32.9 Å². The molecule has 3 aromatic rings. The zero-order valence-electron chi connectivity index (χ0n) is 16.5. The highest BCUT2D eigenvalue weighted by molar-refractivity contribution is 7.18. The van der Waals surface area contributed by atoms with E-state index in [2.05, 4.69) is 25.8 Å². The summed E-state index contributed by atoms with van der Waals surface area (Å²) in [7, 11) is 0. The van der Waals surface area contributed by atoms with E-state index in [1.165, 1.54) is 27.8 Å². The van der Waals surface area contributed by atoms with Crippen LogP contribution in [0, 0.1) is 20.8 Å². The van der Waals surface area contributed by atoms with Crippen molar-refractivity contribution in [1.29, 1.82) is 0 Å². The Morgan fingerprint density at radius 3 is 2.56 bits per heavy atom. The summed E-state index contributed by atoms with van der Waals surface area (Å²) in [5, 5.41) is 0.582. The van der Waals surface area contributed by atoms with Crippen LogP contribution >= 0.6 is 11.3 Å². The summed E-state index contributed by atoms with van der Waals surface area (Å²) in [6, 6.07) is 5.80. The maximum absolute atomic E-state index is 12.7. The largest absolute Gasteiger partial charge is 0.425 e. The van der Waals surface area contributed by atoms with Crippen LogP contribution in [-0.2, 0) is 16.8 Å². The van der Waals surface area contributed by atoms with E-state index in [4.69, 9.17) is 4.74 Å². The molecule has 0 N–H and O–H groups in total. The Kier molecular flexibility index (Phi) is 4.95. The molecule has 2 aromatic heterocycles. The first-order valence-corrected chi connectivity index (χ1v) is 9.66. The number of nitrogens with zero attached hydrogens (tertiary/aromatic N) is 2. The molecule has 1 aromatic carbocycles. The van der Waals surface area contributed by atoms with Crippen molar-refractivity contribution >= 4 is 27.5 Å². The minimum Gasteiger partial charge on any atom is -0.425 e. The Morgan fingerprint density at radius 1 is 1.22 bits per heavy atom. The Balaban J connectivity index is 1.83. The number of hydrogen-bond acceptors (Lipinski definition) is 5. The normalized spacial score (nSPS) is 11.8. The highest BCUT2D eigenvalue weighted by atomic mass is 32.1. The second-order valence-corrected chi connectivity index (χ2v) is 9.05. The Bertz CT molecular complexity index is 1090. The van der Waals surface area contributed by atoms with Crippen molar-refractivity contribution in [2.24, 2.45) is 0 Å². The minimum absolute atomic E-state index is 0.0260. The van der Waals surface area contributed by atoms with Crippen molar-refractivity contribution in [3.63, 3.8) is 0 Å². The molecule has 3 rings (SSSR count). The summed E-state index contributed by atoms with van der Waals surface area (Å²) in [5.41, 5.74) is 2.80. The zero-order valence-corrected chi connectivity index (χ0v) is 17.4. The lowest BCUT2D eigenvalue weighted by atomic mass is 9.86. The van der Waals surface area contributed by atoms with Gasteiger partial charge in [0.1, 0.15) is 17.1 Å². The Morgan fingerprint density at radius 2 is 1.93 bits per heavy atom. The van der Waals surface area contributed by atoms with Gasteiger partial charge in [-0.05, 0) is 48.9 Å². The van der Waals surface area contributed by atoms with Gasteiger partial charge in [0.05, 0.1) is 11.7 Å². The lowest BCUT2D eigenvalue weighted by molar-refractivity contribution is -0.135. The number of carbonyl (C=O) groups is 1. The van der Waals surface area contributed by atoms with Gasteiger partial charge in [0.25, 0.3) is 5.56 Å². The molecule has 0 aliphatic heterocycles. The number of rotatable bonds is 3. The summed E-state index contributed by atoms with van der Waals surface area (Å²) in [5.74, 6) is 0.0205. The van der Waals surface area contributed by atoms with Gasteiger partial charge in [0.15, 0.2) is 0 Å². The van der Waals surface area contributed by atoms with E-state index >= 15 is 0 Å². The minimum atomic E-state index is -0.491. The van der Waals surface area contributed by atoms with E-state index in [0.717, 1.165) is 16.0 Å². The molecule has 27 heavy (non-hydrogen) atoms. The molecular weight excluding hydrogens is 360 g/mol. The second kappa shape index (κ2) is 6.93. The van der Waals surface area contributed by atoms with Crippen LogP contribution in [0.5, 0.6) is 5.75 Å². The number of thiophene rings is 1. The van der Waals surface area contributed by atoms with E-state index in [-0.39, 0.29) is 17.5 Å². The van der Waals surface area contributed by atoms with Crippen LogP contribution in [0.4, 0.5) is 0 Å². The van der Waals surface area contributed by atoms with Gasteiger partial charge in [-0.2, -0.15) is 0 Å². The van der Waals surface area contributed by atoms with Crippen molar-refractivity contribution in [1.82, 2.24) is 9.55 Å². The Hall–Kier alpha value is -2.47. The van der Waals surface area contributed by atoms with Gasteiger partial charge >= 0.3 is 5.97 Å². The highest BCUT2D eigenvalue weighted by Crippen LogP contribution is 2.28. The van der Waals surface area contributed by atoms with Crippen LogP contribution in [-0.4, -0.2) is 15.5 Å². The van der Waals surface area contributed by atoms with E-state index in [0.29, 0.717) is 16.0 Å². The molecule has 0 aliphatic carbocycles. The predicted molar refractivity (Wildman–Crippen MR) is 109 cm³/mol. The third-order valence-electron chi connectivity index (χ3n) is 4.72. The van der Waals surface area contributed by atoms with Gasteiger partial charge in [0.2, 0.25) is 0 Å². The molecule has 2 heterocycles. The molecule has 0 bridgehead atoms. The summed E-state index contributed by atoms with van der Waals surface area (Å²) < 4.78 is 6.80. The van der Waals surface area contributed by atoms with Gasteiger partial charge in [-0.25, -0.2) is 9.78 Å². The molecule has 142 valence electrons. The molecule has 0 radical (unpaired) electrons. The van der Waals surface area contributed by atoms with Gasteiger partial charge in [0, 0.05) is 4.88 Å². The van der Waals surface area contributed by atoms with Gasteiger partial charge < -0.3 is 4.74 Å². The van der Waals surface area contributed by atoms with Crippen molar-refractivity contribution in [2.45, 2.75) is 53.5 Å². The van der Waals surface area contributed by atoms with Crippen LogP contribution in [0.25, 0.3) is 10.2 Å². The third-order valence-corrected chi connectivity index (χ3v) is 5.84. The maximum atomic E-state index is 12.7. The molecule has 0 saturated carbocycles. The first-order chi connectivity index (χ1) is 12.6. The highest BCUT2D eigenvalue weighted by Gasteiger charge is 2.17. The summed E-state index contributed by atoms with van der Waals surface area (Å²) in [6.07, 6.45) is 1.41. The fourth-order valence-corrected chi connectivity index (χ4v) is 3.89. The predicted octanol–water partition coefficient (Wildman–Crippen LogP) is 4.29. The fraction of sp³-hybridized carbons (Fsp3) is 0.381. The van der Waals surface area contributed by atoms with E-state index in [1.807, 2.05) is 39.0 Å². The van der Waals surface area contributed by atoms with Crippen molar-refractivity contribution < 1.29 is 9.53 Å². The van der Waals surface area contributed by atoms with Crippen LogP contribution in [0.2, 0.25) is 0 Å². The number of carbonyl (C=O) groups excluding carboxylic acids is 1. The van der Waals surface area contributed by atoms with Gasteiger partial charge in [-0.3, -0.25) is 9.36 Å². The van der Waals surface area contributed by atoms with Crippen LogP contribution in [0.3, 0.4) is 0 Å². The molecule has 0 fully saturated rings. The van der Waals surface area contributed by atoms with Crippen LogP contribution < -0.4 is 10.3 Å². The number of benzene rings is 1. The molecule has 0 spiro atoms. The molecule has 0 amide bonds. The first kappa shape index (κ1) is 19.3. The number of ether oxygens (including phenoxy) is 1. The van der Waals surface area contributed by atoms with Crippen molar-refractivity contribution in [2.75, 3.05) is 0 Å². The number of hydrogen-bond donors (Lipinski definition) is 0. The first-order valence-electron chi connectivity index (χ1n) is 8.85. The molecule has 0 atom stereocenters. The smallest absolute Gasteiger partial charge is 0.331 e. The average molecular weight is 385 g/mol. The van der Waals surface area contributed by atoms with Crippen LogP contribution in [0.15, 0.2) is 29.3 Å². The lowest BCUT2D eigenvalue weighted by Crippen LogP contribution is -2.27. The van der Waals surface area contributed by atoms with E-state index < -0.39 is 5.97 Å². The molecule has 5 nitrogen and oxygen atoms in total. The number of esters is 1. The van der Waals surface area contributed by atoms with Crippen molar-refractivity contribution in [3.05, 3.63) is 56.4 Å². The second-order valence-electron chi connectivity index (χ2n) is 7.85. The monoisotopic (exact) mass is 384 g/mol. The molecule has 6 heteroatoms. The summed E-state index contributed by atoms with van der Waals surface area (Å²) >= 11 is 1.49. The molecular formula is C21H24N2O3S. The lowest BCUT2D eigenvalue weighted by Gasteiger charge is -2.20. The quantitative estimate of drug-likeness (QED) is 0.499. The Labute approximate surface area is 162 Å². The molecule has 0 aliphatic rings. The van der Waals surface area contributed by atoms with Crippen molar-refractivity contribution in [3.8, 4) is 5.75 Å². The standard InChI is InChI=1S/C21H24N2O3S/c1-12-9-15(21(4,5)6)7-8-16(12)26-17(24)10-23-11-22-19-18(20(23)25)13(2)14(3)27-19/h7-9,11H,10H2,1-6H3. The SMILES string of the molecule is Cc1cc(C(C)(C)C)ccc1OC(=O)Cn1cnc2sc(C)c(C)c2c1=O. The number of aromatic nitrogens is 2. The topological polar surface area (TPSA) is 61.2 Å². The number of fused-ring (bicyclic) bond motifs is 1. The fourth-order valence-electron chi connectivity index (χ4n) is 2.91. The number of aryl methyl sites for hydroxylation is 3. The molecule has 0 unspecified atom stereocenters. The van der Waals surface area contributed by atoms with Crippen LogP contribution in [0.1, 0.15) is 42.3 Å². The van der Waals surface area contributed by atoms with E-state index in [1.54, 1.807) is 0 Å². The maximum Gasteiger partial charge on any atom is 0.331 e. The average Bonchev–Trinajstić information content (AvgIpc) is 2.86.